The van der Waals surface area contributed by atoms with Crippen molar-refractivity contribution in [3.63, 3.8) is 0 Å². The molecule has 1 fully saturated rings. The number of ketones is 1. The first-order valence-corrected chi connectivity index (χ1v) is 30.2. The first kappa shape index (κ1) is 76.8. The Kier molecular flexibility index (Phi) is 37.1. The van der Waals surface area contributed by atoms with Crippen LogP contribution in [0.5, 0.6) is 0 Å². The second kappa shape index (κ2) is 42.6. The largest absolute Gasteiger partial charge is 0.370 e. The monoisotopic (exact) mass is 1250 g/mol. The number of nitrogens with one attached hydrogen (secondary N) is 9. The van der Waals surface area contributed by atoms with Gasteiger partial charge in [-0.25, -0.2) is 13.8 Å². The fraction of sp³-hybridized carbons (Fsp3) is 0.709. The number of carbonyl (C=O) groups excluding carboxylic acids is 10. The van der Waals surface area contributed by atoms with Crippen molar-refractivity contribution >= 4 is 64.9 Å². The van der Waals surface area contributed by atoms with Gasteiger partial charge in [0, 0.05) is 49.8 Å². The van der Waals surface area contributed by atoms with Crippen LogP contribution in [0.15, 0.2) is 29.2 Å². The summed E-state index contributed by atoms with van der Waals surface area (Å²) < 4.78 is 31.0. The number of carbonyl (C=O) groups is 10. The molecule has 2 rings (SSSR count). The standard InChI is InChI=1S/C55H99F2N21O10/c1-34(72-50(85)40(19-25-63)76-48(83)37(64)13-2-5-20-58)46(81)70-31-45(80)73-41(16-10-24-62)53(88)78-32-55(56,57)29-43(78)52(87)77-42(28-36-30-67-33-71-36)51(86)74-38(14-3-6-21-59)44(79)18-17-35(12-11-27-69-54(65)66)47(82)75-39(15-4-7-22-60)49(84)68-26-9-8-23-61/h12,30,33-34,37-43H,2-11,13-29,31-32,58-64H2,1H3,(H,67,71)(H,68,84)(H,70,81)(H,72,85)(H,73,80)(H,74,86)(H,75,82)(H,76,83)(H,77,87)(H4,65,66,69)/b35-12+/t34-,37-,38-,39-,40-,41+,42-,43-/m0/s1. The fourth-order valence-corrected chi connectivity index (χ4v) is 9.32. The smallest absolute Gasteiger partial charge is 0.267 e. The normalized spacial score (nSPS) is 16.1. The molecule has 8 atom stereocenters. The molecule has 31 nitrogen and oxygen atoms in total. The number of aromatic nitrogens is 2. The number of halogens is 2. The number of hydrogen-bond acceptors (Lipinski definition) is 19. The van der Waals surface area contributed by atoms with Gasteiger partial charge in [-0.2, -0.15) is 0 Å². The van der Waals surface area contributed by atoms with Gasteiger partial charge in [0.1, 0.15) is 36.3 Å². The lowest BCUT2D eigenvalue weighted by Gasteiger charge is -2.30. The van der Waals surface area contributed by atoms with Crippen LogP contribution in [0.3, 0.4) is 0 Å². The third-order valence-electron chi connectivity index (χ3n) is 14.3. The third-order valence-corrected chi connectivity index (χ3v) is 14.3. The van der Waals surface area contributed by atoms with E-state index in [1.807, 2.05) is 0 Å². The zero-order valence-corrected chi connectivity index (χ0v) is 50.7. The van der Waals surface area contributed by atoms with Gasteiger partial charge in [0.05, 0.1) is 31.5 Å². The van der Waals surface area contributed by atoms with E-state index in [-0.39, 0.29) is 95.5 Å². The van der Waals surface area contributed by atoms with Gasteiger partial charge < -0.3 is 104 Å². The van der Waals surface area contributed by atoms with Crippen molar-refractivity contribution in [3.8, 4) is 0 Å². The Hall–Kier alpha value is -7.30. The van der Waals surface area contributed by atoms with E-state index in [0.29, 0.717) is 94.6 Å². The summed E-state index contributed by atoms with van der Waals surface area (Å²) in [5, 5.41) is 20.6. The molecular formula is C55H99F2N21O10. The molecule has 1 aromatic heterocycles. The van der Waals surface area contributed by atoms with Gasteiger partial charge in [-0.3, -0.25) is 52.9 Å². The number of imidazole rings is 1. The lowest BCUT2D eigenvalue weighted by molar-refractivity contribution is -0.142. The number of hydrogen-bond donors (Lipinski definition) is 18. The molecule has 0 spiro atoms. The summed E-state index contributed by atoms with van der Waals surface area (Å²) in [6.07, 6.45) is 7.42. The summed E-state index contributed by atoms with van der Waals surface area (Å²) in [6, 6.07) is -10.5. The number of rotatable bonds is 46. The van der Waals surface area contributed by atoms with Crippen molar-refractivity contribution in [2.45, 2.75) is 183 Å². The Morgan fingerprint density at radius 3 is 1.86 bits per heavy atom. The highest BCUT2D eigenvalue weighted by Gasteiger charge is 2.51. The number of amides is 9. The van der Waals surface area contributed by atoms with Crippen LogP contribution in [0.4, 0.5) is 8.78 Å². The number of aliphatic imine (C=N–C) groups is 1. The molecule has 9 amide bonds. The molecule has 1 aliphatic rings. The third kappa shape index (κ3) is 29.6. The van der Waals surface area contributed by atoms with Crippen molar-refractivity contribution in [1.29, 1.82) is 0 Å². The molecule has 1 aromatic rings. The first-order valence-electron chi connectivity index (χ1n) is 30.2. The molecule has 0 unspecified atom stereocenters. The molecule has 1 aliphatic heterocycles. The van der Waals surface area contributed by atoms with Crippen LogP contribution in [0.1, 0.15) is 128 Å². The van der Waals surface area contributed by atoms with E-state index in [1.165, 1.54) is 19.4 Å². The predicted molar refractivity (Wildman–Crippen MR) is 325 cm³/mol. The number of nitrogens with two attached hydrogens (primary N) is 9. The lowest BCUT2D eigenvalue weighted by atomic mass is 9.97. The van der Waals surface area contributed by atoms with Crippen LogP contribution in [-0.4, -0.2) is 199 Å². The summed E-state index contributed by atoms with van der Waals surface area (Å²) in [6.45, 7) is 1.18. The summed E-state index contributed by atoms with van der Waals surface area (Å²) in [5.41, 5.74) is 51.5. The lowest BCUT2D eigenvalue weighted by Crippen LogP contribution is -2.58. The van der Waals surface area contributed by atoms with Crippen molar-refractivity contribution in [3.05, 3.63) is 29.9 Å². The van der Waals surface area contributed by atoms with E-state index in [9.17, 15) is 47.9 Å². The maximum absolute atomic E-state index is 15.5. The molecule has 0 aliphatic carbocycles. The topological polar surface area (TPSA) is 545 Å². The van der Waals surface area contributed by atoms with E-state index in [1.54, 1.807) is 6.08 Å². The SMILES string of the molecule is C[C@H](NC(=O)[C@H](CCN)NC(=O)[C@@H](N)CCCCN)C(=O)NCC(=O)N[C@H](CCCN)C(=O)N1CC(F)(F)C[C@H]1C(=O)N[C@@H](Cc1cnc[nH]1)C(=O)N[C@@H](CCCCN)C(=O)CC/C(=C\CCN=C(N)N)C(=O)N[C@@H](CCCCN)C(=O)NCCCCN. The summed E-state index contributed by atoms with van der Waals surface area (Å²) in [5.74, 6) is -11.7. The van der Waals surface area contributed by atoms with Gasteiger partial charge >= 0.3 is 0 Å². The minimum absolute atomic E-state index is 0.000513. The van der Waals surface area contributed by atoms with Gasteiger partial charge in [-0.1, -0.05) is 12.5 Å². The number of H-pyrrole nitrogens is 1. The summed E-state index contributed by atoms with van der Waals surface area (Å²) >= 11 is 0. The Labute approximate surface area is 512 Å². The molecule has 0 aromatic carbocycles. The number of alkyl halides is 2. The molecule has 498 valence electrons. The molecule has 1 saturated heterocycles. The second-order valence-electron chi connectivity index (χ2n) is 21.6. The Bertz CT molecular complexity index is 2420. The Morgan fingerprint density at radius 1 is 0.659 bits per heavy atom. The molecule has 0 saturated carbocycles. The van der Waals surface area contributed by atoms with E-state index in [4.69, 9.17) is 51.6 Å². The molecule has 88 heavy (non-hydrogen) atoms. The number of aromatic amines is 1. The molecule has 33 heteroatoms. The Morgan fingerprint density at radius 2 is 1.25 bits per heavy atom. The highest BCUT2D eigenvalue weighted by atomic mass is 19.3. The summed E-state index contributed by atoms with van der Waals surface area (Å²) in [4.78, 5) is 148. The minimum Gasteiger partial charge on any atom is -0.370 e. The van der Waals surface area contributed by atoms with Crippen LogP contribution in [-0.2, 0) is 54.4 Å². The zero-order valence-electron chi connectivity index (χ0n) is 50.7. The number of guanidine groups is 1. The van der Waals surface area contributed by atoms with E-state index in [0.717, 1.165) is 0 Å². The molecule has 2 heterocycles. The van der Waals surface area contributed by atoms with E-state index in [2.05, 4.69) is 57.5 Å². The number of likely N-dealkylation sites (tertiary alicyclic amines) is 1. The second-order valence-corrected chi connectivity index (χ2v) is 21.6. The van der Waals surface area contributed by atoms with Crippen LogP contribution in [0.2, 0.25) is 0 Å². The van der Waals surface area contributed by atoms with Crippen LogP contribution in [0, 0.1) is 0 Å². The predicted octanol–water partition coefficient (Wildman–Crippen LogP) is -5.17. The average Bonchev–Trinajstić information content (AvgIpc) is 4.37. The maximum Gasteiger partial charge on any atom is 0.267 e. The maximum atomic E-state index is 15.5. The van der Waals surface area contributed by atoms with Crippen molar-refractivity contribution in [1.82, 2.24) is 57.4 Å². The van der Waals surface area contributed by atoms with Crippen LogP contribution >= 0.6 is 0 Å². The van der Waals surface area contributed by atoms with Gasteiger partial charge in [-0.15, -0.1) is 0 Å². The van der Waals surface area contributed by atoms with Gasteiger partial charge in [0.15, 0.2) is 11.7 Å². The van der Waals surface area contributed by atoms with Gasteiger partial charge in [0.2, 0.25) is 53.2 Å². The molecule has 0 radical (unpaired) electrons. The number of nitrogens with zero attached hydrogens (tertiary/aromatic N) is 3. The Balaban J connectivity index is 2.35. The van der Waals surface area contributed by atoms with Gasteiger partial charge in [0.25, 0.3) is 5.92 Å². The highest BCUT2D eigenvalue weighted by Crippen LogP contribution is 2.33. The van der Waals surface area contributed by atoms with Crippen molar-refractivity contribution in [2.75, 3.05) is 65.4 Å². The van der Waals surface area contributed by atoms with Crippen molar-refractivity contribution < 1.29 is 56.7 Å². The average molecular weight is 1250 g/mol. The molecule has 27 N–H and O–H groups in total. The number of Topliss-reactive ketones (excluding diaryl/α,β-unsaturated/α-hetero) is 1. The highest BCUT2D eigenvalue weighted by molar-refractivity contribution is 5.99. The molecule has 0 bridgehead atoms. The minimum atomic E-state index is -3.63. The zero-order chi connectivity index (χ0) is 65.6. The van der Waals surface area contributed by atoms with Gasteiger partial charge in [-0.05, 0) is 143 Å². The fourth-order valence-electron chi connectivity index (χ4n) is 9.32. The first-order chi connectivity index (χ1) is 41.9. The van der Waals surface area contributed by atoms with Crippen molar-refractivity contribution in [2.24, 2.45) is 56.6 Å². The van der Waals surface area contributed by atoms with E-state index >= 15 is 8.78 Å². The van der Waals surface area contributed by atoms with Crippen LogP contribution in [0.25, 0.3) is 0 Å². The quantitative estimate of drug-likeness (QED) is 0.0126. The number of unbranched alkanes of at least 4 members (excludes halogenated alkanes) is 4. The van der Waals surface area contributed by atoms with Crippen LogP contribution < -0.4 is 94.1 Å². The van der Waals surface area contributed by atoms with E-state index < -0.39 is 133 Å². The molecular weight excluding hydrogens is 1150 g/mol. The summed E-state index contributed by atoms with van der Waals surface area (Å²) in [7, 11) is 0.